The maximum absolute atomic E-state index is 12.9. The molecule has 7 nitrogen and oxygen atoms in total. The summed E-state index contributed by atoms with van der Waals surface area (Å²) >= 11 is 0. The molecule has 0 saturated heterocycles. The number of nitrogens with one attached hydrogen (secondary N) is 2. The lowest BCUT2D eigenvalue weighted by Gasteiger charge is -2.07. The molecule has 0 atom stereocenters. The predicted molar refractivity (Wildman–Crippen MR) is 128 cm³/mol. The van der Waals surface area contributed by atoms with Gasteiger partial charge in [-0.25, -0.2) is 4.98 Å². The van der Waals surface area contributed by atoms with Gasteiger partial charge in [-0.3, -0.25) is 9.59 Å². The summed E-state index contributed by atoms with van der Waals surface area (Å²) in [6.07, 6.45) is 3.42. The lowest BCUT2D eigenvalue weighted by Crippen LogP contribution is -2.27. The first-order chi connectivity index (χ1) is 16.2. The van der Waals surface area contributed by atoms with E-state index < -0.39 is 0 Å². The summed E-state index contributed by atoms with van der Waals surface area (Å²) in [5.74, 6) is -0.442. The van der Waals surface area contributed by atoms with E-state index in [1.54, 1.807) is 24.4 Å². The Balaban J connectivity index is 1.64. The van der Waals surface area contributed by atoms with Gasteiger partial charge in [-0.05, 0) is 30.7 Å². The number of carbonyl (C=O) groups is 2. The van der Waals surface area contributed by atoms with Gasteiger partial charge in [0.1, 0.15) is 5.65 Å². The molecule has 4 aromatic rings. The van der Waals surface area contributed by atoms with E-state index >= 15 is 0 Å². The Hall–Kier alpha value is -3.97. The molecule has 168 valence electrons. The number of benzene rings is 2. The van der Waals surface area contributed by atoms with Crippen LogP contribution in [0.3, 0.4) is 0 Å². The van der Waals surface area contributed by atoms with Gasteiger partial charge in [0.15, 0.2) is 0 Å². The Kier molecular flexibility index (Phi) is 7.12. The maximum Gasteiger partial charge on any atom is 0.255 e. The third-order valence-corrected chi connectivity index (χ3v) is 5.18. The minimum Gasteiger partial charge on any atom is -0.380 e. The summed E-state index contributed by atoms with van der Waals surface area (Å²) in [7, 11) is 0. The average Bonchev–Trinajstić information content (AvgIpc) is 3.20. The number of hydrogen-bond acceptors (Lipinski definition) is 4. The number of amides is 2. The van der Waals surface area contributed by atoms with Gasteiger partial charge >= 0.3 is 0 Å². The van der Waals surface area contributed by atoms with Crippen LogP contribution < -0.4 is 10.6 Å². The van der Waals surface area contributed by atoms with Crippen LogP contribution in [0.25, 0.3) is 11.0 Å². The van der Waals surface area contributed by atoms with Gasteiger partial charge in [0.2, 0.25) is 0 Å². The molecule has 0 radical (unpaired) electrons. The number of anilines is 1. The van der Waals surface area contributed by atoms with E-state index in [2.05, 4.69) is 15.6 Å². The first-order valence-electron chi connectivity index (χ1n) is 10.9. The van der Waals surface area contributed by atoms with Crippen LogP contribution in [0.1, 0.15) is 33.2 Å². The van der Waals surface area contributed by atoms with Crippen LogP contribution in [-0.4, -0.2) is 41.1 Å². The third kappa shape index (κ3) is 5.45. The monoisotopic (exact) mass is 442 g/mol. The maximum atomic E-state index is 12.9. The summed E-state index contributed by atoms with van der Waals surface area (Å²) in [6.45, 7) is 3.94. The molecular weight excluding hydrogens is 416 g/mol. The van der Waals surface area contributed by atoms with Crippen molar-refractivity contribution < 1.29 is 14.3 Å². The zero-order valence-electron chi connectivity index (χ0n) is 18.5. The Morgan fingerprint density at radius 2 is 1.73 bits per heavy atom. The van der Waals surface area contributed by atoms with E-state index in [4.69, 9.17) is 4.74 Å². The molecule has 2 heterocycles. The van der Waals surface area contributed by atoms with Gasteiger partial charge in [-0.2, -0.15) is 0 Å². The second-order valence-corrected chi connectivity index (χ2v) is 7.52. The van der Waals surface area contributed by atoms with Crippen LogP contribution in [0.5, 0.6) is 0 Å². The molecule has 2 aromatic carbocycles. The molecule has 4 rings (SSSR count). The number of rotatable bonds is 9. The number of fused-ring (bicyclic) bond motifs is 1. The normalized spacial score (nSPS) is 10.8. The largest absolute Gasteiger partial charge is 0.380 e. The highest BCUT2D eigenvalue weighted by Crippen LogP contribution is 2.24. The molecule has 0 bridgehead atoms. The van der Waals surface area contributed by atoms with Crippen molar-refractivity contribution in [2.45, 2.75) is 13.5 Å². The van der Waals surface area contributed by atoms with E-state index in [0.717, 1.165) is 5.56 Å². The summed E-state index contributed by atoms with van der Waals surface area (Å²) in [5, 5.41) is 6.44. The van der Waals surface area contributed by atoms with Crippen LogP contribution in [0.2, 0.25) is 0 Å². The Morgan fingerprint density at radius 1 is 1.00 bits per heavy atom. The van der Waals surface area contributed by atoms with Crippen molar-refractivity contribution in [3.05, 3.63) is 95.8 Å². The standard InChI is InChI=1S/C26H26N4O3/c1-2-33-14-13-27-26(32)23-18-30(17-19-9-5-3-6-10-19)24-22(23)15-21(16-28-24)29-25(31)20-11-7-4-8-12-20/h3-12,15-16,18H,2,13-14,17H2,1H3,(H,27,32)(H,29,31). The van der Waals surface area contributed by atoms with Crippen molar-refractivity contribution in [2.75, 3.05) is 25.1 Å². The lowest BCUT2D eigenvalue weighted by atomic mass is 10.2. The molecular formula is C26H26N4O3. The highest BCUT2D eigenvalue weighted by Gasteiger charge is 2.17. The zero-order valence-corrected chi connectivity index (χ0v) is 18.5. The van der Waals surface area contributed by atoms with Crippen molar-refractivity contribution in [1.82, 2.24) is 14.9 Å². The molecule has 0 aliphatic rings. The molecule has 33 heavy (non-hydrogen) atoms. The second-order valence-electron chi connectivity index (χ2n) is 7.52. The van der Waals surface area contributed by atoms with Gasteiger partial charge in [0.05, 0.1) is 24.1 Å². The van der Waals surface area contributed by atoms with Crippen molar-refractivity contribution in [3.63, 3.8) is 0 Å². The van der Waals surface area contributed by atoms with Crippen molar-refractivity contribution in [1.29, 1.82) is 0 Å². The number of aromatic nitrogens is 2. The number of ether oxygens (including phenoxy) is 1. The molecule has 0 spiro atoms. The molecule has 7 heteroatoms. The average molecular weight is 443 g/mol. The lowest BCUT2D eigenvalue weighted by molar-refractivity contribution is 0.0923. The Morgan fingerprint density at radius 3 is 2.45 bits per heavy atom. The van der Waals surface area contributed by atoms with Gasteiger partial charge in [0.25, 0.3) is 11.8 Å². The van der Waals surface area contributed by atoms with Crippen LogP contribution in [0.15, 0.2) is 79.1 Å². The fourth-order valence-electron chi connectivity index (χ4n) is 3.59. The Bertz CT molecular complexity index is 1240. The topological polar surface area (TPSA) is 85.2 Å². The first kappa shape index (κ1) is 22.2. The molecule has 0 unspecified atom stereocenters. The van der Waals surface area contributed by atoms with Crippen molar-refractivity contribution in [3.8, 4) is 0 Å². The first-order valence-corrected chi connectivity index (χ1v) is 10.9. The highest BCUT2D eigenvalue weighted by atomic mass is 16.5. The van der Waals surface area contributed by atoms with Gasteiger partial charge in [-0.15, -0.1) is 0 Å². The van der Waals surface area contributed by atoms with E-state index in [9.17, 15) is 9.59 Å². The number of pyridine rings is 1. The fraction of sp³-hybridized carbons (Fsp3) is 0.192. The summed E-state index contributed by atoms with van der Waals surface area (Å²) in [6, 6.07) is 20.7. The van der Waals surface area contributed by atoms with Crippen molar-refractivity contribution >= 4 is 28.5 Å². The molecule has 0 aliphatic carbocycles. The SMILES string of the molecule is CCOCCNC(=O)c1cn(Cc2ccccc2)c2ncc(NC(=O)c3ccccc3)cc12. The minimum absolute atomic E-state index is 0.208. The smallest absolute Gasteiger partial charge is 0.255 e. The number of carbonyl (C=O) groups excluding carboxylic acids is 2. The summed E-state index contributed by atoms with van der Waals surface area (Å²) in [5.41, 5.74) is 3.35. The zero-order chi connectivity index (χ0) is 23.0. The molecule has 2 N–H and O–H groups in total. The van der Waals surface area contributed by atoms with Gasteiger partial charge in [-0.1, -0.05) is 48.5 Å². The predicted octanol–water partition coefficient (Wildman–Crippen LogP) is 4.10. The van der Waals surface area contributed by atoms with Gasteiger partial charge in [0, 0.05) is 36.8 Å². The van der Waals surface area contributed by atoms with Crippen molar-refractivity contribution in [2.24, 2.45) is 0 Å². The molecule has 2 amide bonds. The van der Waals surface area contributed by atoms with E-state index in [1.165, 1.54) is 0 Å². The quantitative estimate of drug-likeness (QED) is 0.382. The van der Waals surface area contributed by atoms with Crippen LogP contribution >= 0.6 is 0 Å². The second kappa shape index (κ2) is 10.6. The molecule has 0 saturated carbocycles. The summed E-state index contributed by atoms with van der Waals surface area (Å²) < 4.78 is 7.27. The van der Waals surface area contributed by atoms with Crippen LogP contribution in [0, 0.1) is 0 Å². The molecule has 0 fully saturated rings. The highest BCUT2D eigenvalue weighted by molar-refractivity contribution is 6.08. The Labute approximate surface area is 192 Å². The van der Waals surface area contributed by atoms with Gasteiger partial charge < -0.3 is 19.9 Å². The molecule has 0 aliphatic heterocycles. The van der Waals surface area contributed by atoms with E-state index in [-0.39, 0.29) is 11.8 Å². The van der Waals surface area contributed by atoms with E-state index in [1.807, 2.05) is 66.2 Å². The fourth-order valence-corrected chi connectivity index (χ4v) is 3.59. The van der Waals surface area contributed by atoms with Crippen LogP contribution in [-0.2, 0) is 11.3 Å². The molecule has 2 aromatic heterocycles. The minimum atomic E-state index is -0.233. The van der Waals surface area contributed by atoms with Crippen LogP contribution in [0.4, 0.5) is 5.69 Å². The number of nitrogens with zero attached hydrogens (tertiary/aromatic N) is 2. The van der Waals surface area contributed by atoms with E-state index in [0.29, 0.717) is 54.2 Å². The number of hydrogen-bond donors (Lipinski definition) is 2. The third-order valence-electron chi connectivity index (χ3n) is 5.18. The summed E-state index contributed by atoms with van der Waals surface area (Å²) in [4.78, 5) is 30.1.